The van der Waals surface area contributed by atoms with Gasteiger partial charge in [-0.25, -0.2) is 13.6 Å². The molecule has 2 N–H and O–H groups in total. The Labute approximate surface area is 147 Å². The second-order valence-corrected chi connectivity index (χ2v) is 7.02. The highest BCUT2D eigenvalue weighted by atomic mass is 32.2. The molecule has 24 heavy (non-hydrogen) atoms. The van der Waals surface area contributed by atoms with Gasteiger partial charge in [0.15, 0.2) is 0 Å². The van der Waals surface area contributed by atoms with Gasteiger partial charge in [0.05, 0.1) is 4.90 Å². The number of fused-ring (bicyclic) bond motifs is 3. The van der Waals surface area contributed by atoms with E-state index in [1.807, 2.05) is 52.0 Å². The van der Waals surface area contributed by atoms with Gasteiger partial charge < -0.3 is 0 Å². The third-order valence-corrected chi connectivity index (χ3v) is 5.25. The molecular formula is C20H29NO2S. The third kappa shape index (κ3) is 3.87. The van der Waals surface area contributed by atoms with Crippen molar-refractivity contribution in [1.82, 2.24) is 0 Å². The molecule has 0 aliphatic heterocycles. The highest BCUT2D eigenvalue weighted by molar-refractivity contribution is 7.89. The van der Waals surface area contributed by atoms with Gasteiger partial charge in [-0.15, -0.1) is 0 Å². The van der Waals surface area contributed by atoms with Crippen LogP contribution in [0.4, 0.5) is 0 Å². The number of rotatable bonds is 1. The molecule has 2 atom stereocenters. The van der Waals surface area contributed by atoms with E-state index >= 15 is 0 Å². The molecule has 1 aliphatic carbocycles. The molecule has 0 fully saturated rings. The first-order chi connectivity index (χ1) is 11.4. The first-order valence-electron chi connectivity index (χ1n) is 8.65. The van der Waals surface area contributed by atoms with Crippen molar-refractivity contribution >= 4 is 10.0 Å². The third-order valence-electron chi connectivity index (χ3n) is 4.34. The molecule has 0 heterocycles. The summed E-state index contributed by atoms with van der Waals surface area (Å²) in [5.41, 5.74) is 4.54. The maximum absolute atomic E-state index is 11.6. The maximum atomic E-state index is 11.6. The molecule has 0 saturated carbocycles. The maximum Gasteiger partial charge on any atom is 0.238 e. The molecule has 2 aromatic carbocycles. The van der Waals surface area contributed by atoms with Crippen LogP contribution in [0.5, 0.6) is 0 Å². The summed E-state index contributed by atoms with van der Waals surface area (Å²) in [6.45, 7) is 12.4. The van der Waals surface area contributed by atoms with Crippen LogP contribution in [0.3, 0.4) is 0 Å². The highest BCUT2D eigenvalue weighted by Crippen LogP contribution is 2.46. The molecule has 132 valence electrons. The normalized spacial score (nSPS) is 18.1. The summed E-state index contributed by atoms with van der Waals surface area (Å²) in [5, 5.41) is 5.24. The fourth-order valence-corrected chi connectivity index (χ4v) is 3.56. The van der Waals surface area contributed by atoms with Crippen molar-refractivity contribution in [3.8, 4) is 11.1 Å². The summed E-state index contributed by atoms with van der Waals surface area (Å²) in [7, 11) is -3.67. The van der Waals surface area contributed by atoms with Gasteiger partial charge >= 0.3 is 0 Å². The Balaban J connectivity index is 0.000000671. The van der Waals surface area contributed by atoms with E-state index in [4.69, 9.17) is 5.14 Å². The van der Waals surface area contributed by atoms with Crippen molar-refractivity contribution in [1.29, 1.82) is 0 Å². The number of nitrogens with two attached hydrogens (primary N) is 1. The Hall–Kier alpha value is -1.65. The number of hydrogen-bond donors (Lipinski definition) is 1. The largest absolute Gasteiger partial charge is 0.238 e. The van der Waals surface area contributed by atoms with E-state index in [9.17, 15) is 8.42 Å². The molecule has 4 heteroatoms. The first kappa shape index (κ1) is 20.4. The Morgan fingerprint density at radius 3 is 1.83 bits per heavy atom. The zero-order valence-electron chi connectivity index (χ0n) is 15.5. The fourth-order valence-electron chi connectivity index (χ4n) is 3.02. The van der Waals surface area contributed by atoms with Crippen LogP contribution in [0.15, 0.2) is 47.4 Å². The summed E-state index contributed by atoms with van der Waals surface area (Å²) < 4.78 is 23.1. The van der Waals surface area contributed by atoms with Crippen LogP contribution in [0.25, 0.3) is 11.1 Å². The summed E-state index contributed by atoms with van der Waals surface area (Å²) in [6.07, 6.45) is 0. The van der Waals surface area contributed by atoms with Crippen LogP contribution in [-0.4, -0.2) is 8.42 Å². The Bertz CT molecular complexity index is 782. The lowest BCUT2D eigenvalue weighted by Gasteiger charge is -2.31. The molecule has 2 unspecified atom stereocenters. The molecular weight excluding hydrogens is 318 g/mol. The molecule has 3 nitrogen and oxygen atoms in total. The van der Waals surface area contributed by atoms with Crippen LogP contribution >= 0.6 is 0 Å². The van der Waals surface area contributed by atoms with Crippen molar-refractivity contribution < 1.29 is 8.42 Å². The number of primary sulfonamides is 1. The van der Waals surface area contributed by atoms with Gasteiger partial charge in [-0.1, -0.05) is 71.9 Å². The van der Waals surface area contributed by atoms with Gasteiger partial charge in [0, 0.05) is 0 Å². The van der Waals surface area contributed by atoms with Crippen LogP contribution < -0.4 is 5.14 Å². The SMILES string of the molecule is CC.CC.CC1c2ccccc2-c2cc(S(N)(=O)=O)ccc2C1C. The van der Waals surface area contributed by atoms with Crippen LogP contribution in [0.1, 0.15) is 64.5 Å². The Morgan fingerprint density at radius 2 is 1.29 bits per heavy atom. The van der Waals surface area contributed by atoms with Crippen molar-refractivity contribution in [3.05, 3.63) is 53.6 Å². The lowest BCUT2D eigenvalue weighted by molar-refractivity contribution is 0.596. The molecule has 2 aromatic rings. The van der Waals surface area contributed by atoms with E-state index in [0.29, 0.717) is 11.8 Å². The molecule has 0 spiro atoms. The van der Waals surface area contributed by atoms with Gasteiger partial charge in [0.25, 0.3) is 0 Å². The van der Waals surface area contributed by atoms with E-state index in [1.54, 1.807) is 12.1 Å². The molecule has 0 bridgehead atoms. The predicted molar refractivity (Wildman–Crippen MR) is 103 cm³/mol. The summed E-state index contributed by atoms with van der Waals surface area (Å²) in [4.78, 5) is 0.174. The van der Waals surface area contributed by atoms with E-state index in [1.165, 1.54) is 11.1 Å². The fraction of sp³-hybridized carbons (Fsp3) is 0.400. The number of sulfonamides is 1. The smallest absolute Gasteiger partial charge is 0.225 e. The first-order valence-corrected chi connectivity index (χ1v) is 10.2. The zero-order chi connectivity index (χ0) is 18.5. The summed E-state index contributed by atoms with van der Waals surface area (Å²) in [6, 6.07) is 13.4. The van der Waals surface area contributed by atoms with Crippen molar-refractivity contribution in [2.45, 2.75) is 58.3 Å². The van der Waals surface area contributed by atoms with E-state index in [0.717, 1.165) is 11.1 Å². The van der Waals surface area contributed by atoms with Crippen molar-refractivity contribution in [2.75, 3.05) is 0 Å². The number of benzene rings is 2. The predicted octanol–water partition coefficient (Wildman–Crippen LogP) is 5.27. The Kier molecular flexibility index (Phi) is 7.18. The average molecular weight is 348 g/mol. The van der Waals surface area contributed by atoms with E-state index in [-0.39, 0.29) is 4.90 Å². The van der Waals surface area contributed by atoms with Gasteiger partial charge in [0.2, 0.25) is 10.0 Å². The van der Waals surface area contributed by atoms with Crippen LogP contribution in [0.2, 0.25) is 0 Å². The van der Waals surface area contributed by atoms with Crippen LogP contribution in [-0.2, 0) is 10.0 Å². The monoisotopic (exact) mass is 347 g/mol. The van der Waals surface area contributed by atoms with Crippen molar-refractivity contribution in [3.63, 3.8) is 0 Å². The molecule has 3 rings (SSSR count). The number of hydrogen-bond acceptors (Lipinski definition) is 2. The average Bonchev–Trinajstić information content (AvgIpc) is 2.62. The van der Waals surface area contributed by atoms with Crippen molar-refractivity contribution in [2.24, 2.45) is 5.14 Å². The molecule has 0 radical (unpaired) electrons. The molecule has 0 amide bonds. The van der Waals surface area contributed by atoms with Gasteiger partial charge in [0.1, 0.15) is 0 Å². The van der Waals surface area contributed by atoms with E-state index in [2.05, 4.69) is 19.9 Å². The summed E-state index contributed by atoms with van der Waals surface area (Å²) >= 11 is 0. The second kappa shape index (κ2) is 8.45. The summed E-state index contributed by atoms with van der Waals surface area (Å²) in [5.74, 6) is 0.772. The second-order valence-electron chi connectivity index (χ2n) is 5.46. The Morgan fingerprint density at radius 1 is 0.792 bits per heavy atom. The van der Waals surface area contributed by atoms with Gasteiger partial charge in [-0.05, 0) is 46.2 Å². The van der Waals surface area contributed by atoms with E-state index < -0.39 is 10.0 Å². The minimum Gasteiger partial charge on any atom is -0.225 e. The topological polar surface area (TPSA) is 60.2 Å². The quantitative estimate of drug-likeness (QED) is 0.763. The zero-order valence-corrected chi connectivity index (χ0v) is 16.3. The highest BCUT2D eigenvalue weighted by Gasteiger charge is 2.28. The minimum absolute atomic E-state index is 0.174. The standard InChI is InChI=1S/C16H17NO2S.2C2H6/c1-10-11(2)14-8-7-12(20(17,18)19)9-16(14)15-6-4-3-5-13(10)15;2*1-2/h3-11H,1-2H3,(H2,17,18,19);2*1-2H3. The minimum atomic E-state index is -3.67. The lowest BCUT2D eigenvalue weighted by Crippen LogP contribution is -2.16. The molecule has 0 aromatic heterocycles. The molecule has 0 saturated heterocycles. The van der Waals surface area contributed by atoms with Gasteiger partial charge in [-0.2, -0.15) is 0 Å². The lowest BCUT2D eigenvalue weighted by atomic mass is 9.73. The van der Waals surface area contributed by atoms with Gasteiger partial charge in [-0.3, -0.25) is 0 Å². The van der Waals surface area contributed by atoms with Crippen LogP contribution in [0, 0.1) is 0 Å². The molecule has 1 aliphatic rings.